The van der Waals surface area contributed by atoms with E-state index in [2.05, 4.69) is 176 Å². The second-order valence-electron chi connectivity index (χ2n) is 14.1. The second-order valence-corrected chi connectivity index (χ2v) is 14.1. The van der Waals surface area contributed by atoms with Gasteiger partial charge in [0.15, 0.2) is 5.82 Å². The lowest BCUT2D eigenvalue weighted by molar-refractivity contribution is 0.436. The van der Waals surface area contributed by atoms with E-state index in [4.69, 9.17) is 14.7 Å². The van der Waals surface area contributed by atoms with Gasteiger partial charge in [0.2, 0.25) is 0 Å². The Bertz CT molecular complexity index is 2860. The summed E-state index contributed by atoms with van der Waals surface area (Å²) < 4.78 is 6.58. The molecule has 54 heavy (non-hydrogen) atoms. The summed E-state index contributed by atoms with van der Waals surface area (Å²) >= 11 is 0. The van der Waals surface area contributed by atoms with Crippen LogP contribution in [0.25, 0.3) is 66.9 Å². The first-order valence-electron chi connectivity index (χ1n) is 18.4. The van der Waals surface area contributed by atoms with E-state index in [0.717, 1.165) is 50.7 Å². The molecule has 1 spiro atoms. The number of rotatable bonds is 4. The van der Waals surface area contributed by atoms with Gasteiger partial charge in [0.25, 0.3) is 0 Å². The van der Waals surface area contributed by atoms with Gasteiger partial charge in [-0.25, -0.2) is 9.97 Å². The Morgan fingerprint density at radius 3 is 1.72 bits per heavy atom. The van der Waals surface area contributed by atoms with E-state index in [9.17, 15) is 0 Å². The van der Waals surface area contributed by atoms with Crippen LogP contribution in [-0.2, 0) is 5.41 Å². The van der Waals surface area contributed by atoms with Gasteiger partial charge in [-0.3, -0.25) is 0 Å². The fourth-order valence-electron chi connectivity index (χ4n) is 8.86. The Morgan fingerprint density at radius 2 is 0.926 bits per heavy atom. The molecular formula is C51H32N2O. The normalized spacial score (nSPS) is 13.1. The number of hydrogen-bond donors (Lipinski definition) is 0. The maximum absolute atomic E-state index is 6.58. The molecule has 9 aromatic rings. The maximum Gasteiger partial charge on any atom is 0.160 e. The molecule has 2 heterocycles. The third-order valence-corrected chi connectivity index (χ3v) is 11.2. The second kappa shape index (κ2) is 12.0. The largest absolute Gasteiger partial charge is 0.457 e. The molecule has 2 aliphatic rings. The molecule has 3 heteroatoms. The summed E-state index contributed by atoms with van der Waals surface area (Å²) in [6.07, 6.45) is 0. The highest BCUT2D eigenvalue weighted by molar-refractivity contribution is 5.98. The van der Waals surface area contributed by atoms with Gasteiger partial charge in [-0.15, -0.1) is 0 Å². The van der Waals surface area contributed by atoms with Gasteiger partial charge >= 0.3 is 0 Å². The van der Waals surface area contributed by atoms with Crippen LogP contribution in [-0.4, -0.2) is 9.97 Å². The molecule has 1 aromatic heterocycles. The summed E-state index contributed by atoms with van der Waals surface area (Å²) in [5.74, 6) is 2.46. The third kappa shape index (κ3) is 4.49. The number of fused-ring (bicyclic) bond motifs is 10. The molecule has 0 fully saturated rings. The zero-order valence-corrected chi connectivity index (χ0v) is 29.3. The zero-order valence-electron chi connectivity index (χ0n) is 29.3. The van der Waals surface area contributed by atoms with Crippen molar-refractivity contribution in [3.05, 3.63) is 216 Å². The van der Waals surface area contributed by atoms with Crippen molar-refractivity contribution in [2.75, 3.05) is 0 Å². The molecule has 0 saturated carbocycles. The van der Waals surface area contributed by atoms with Gasteiger partial charge in [-0.05, 0) is 62.4 Å². The van der Waals surface area contributed by atoms with E-state index >= 15 is 0 Å². The minimum absolute atomic E-state index is 0.553. The Morgan fingerprint density at radius 1 is 0.370 bits per heavy atom. The fraction of sp³-hybridized carbons (Fsp3) is 0.0196. The predicted molar refractivity (Wildman–Crippen MR) is 219 cm³/mol. The monoisotopic (exact) mass is 688 g/mol. The predicted octanol–water partition coefficient (Wildman–Crippen LogP) is 12.8. The van der Waals surface area contributed by atoms with Crippen molar-refractivity contribution < 1.29 is 4.74 Å². The molecule has 1 aliphatic heterocycles. The smallest absolute Gasteiger partial charge is 0.160 e. The van der Waals surface area contributed by atoms with Crippen LogP contribution in [0.15, 0.2) is 194 Å². The highest BCUT2D eigenvalue weighted by Crippen LogP contribution is 2.63. The lowest BCUT2D eigenvalue weighted by Gasteiger charge is -2.39. The minimum atomic E-state index is -0.553. The number of nitrogens with zero attached hydrogens (tertiary/aromatic N) is 2. The van der Waals surface area contributed by atoms with Crippen molar-refractivity contribution in [2.24, 2.45) is 0 Å². The van der Waals surface area contributed by atoms with E-state index in [0.29, 0.717) is 5.82 Å². The zero-order chi connectivity index (χ0) is 35.6. The van der Waals surface area contributed by atoms with Crippen molar-refractivity contribution in [1.82, 2.24) is 9.97 Å². The van der Waals surface area contributed by atoms with Gasteiger partial charge < -0.3 is 4.74 Å². The molecule has 0 bridgehead atoms. The maximum atomic E-state index is 6.58. The molecule has 252 valence electrons. The van der Waals surface area contributed by atoms with Gasteiger partial charge in [0.05, 0.1) is 16.8 Å². The molecule has 8 aromatic carbocycles. The van der Waals surface area contributed by atoms with E-state index < -0.39 is 5.41 Å². The number of aromatic nitrogens is 2. The van der Waals surface area contributed by atoms with Crippen molar-refractivity contribution in [3.63, 3.8) is 0 Å². The van der Waals surface area contributed by atoms with Gasteiger partial charge in [0, 0.05) is 27.8 Å². The topological polar surface area (TPSA) is 35.0 Å². The number of para-hydroxylation sites is 2. The summed E-state index contributed by atoms with van der Waals surface area (Å²) in [6.45, 7) is 0. The molecule has 0 radical (unpaired) electrons. The quantitative estimate of drug-likeness (QED) is 0.185. The standard InChI is InChI=1S/C51H32N2O/c1-2-15-36(16-3-1)50-52-45(35-30-28-34(29-31-35)38-20-12-17-33-14-4-5-18-37(33)38)32-46(53-50)40-21-13-25-44-49(40)39-19-6-7-22-41(39)51(44)42-23-8-10-26-47(42)54-48-27-11-9-24-43(48)51/h1-32H. The molecule has 0 N–H and O–H groups in total. The van der Waals surface area contributed by atoms with Crippen molar-refractivity contribution in [1.29, 1.82) is 0 Å². The van der Waals surface area contributed by atoms with Crippen LogP contribution in [0.5, 0.6) is 11.5 Å². The molecule has 3 nitrogen and oxygen atoms in total. The van der Waals surface area contributed by atoms with E-state index in [1.807, 2.05) is 18.2 Å². The summed E-state index contributed by atoms with van der Waals surface area (Å²) in [6, 6.07) is 68.8. The van der Waals surface area contributed by atoms with Crippen LogP contribution in [0, 0.1) is 0 Å². The first kappa shape index (κ1) is 30.5. The highest BCUT2D eigenvalue weighted by atomic mass is 16.5. The van der Waals surface area contributed by atoms with E-state index in [1.54, 1.807) is 0 Å². The average molecular weight is 689 g/mol. The summed E-state index contributed by atoms with van der Waals surface area (Å²) in [4.78, 5) is 10.5. The number of benzene rings is 8. The van der Waals surface area contributed by atoms with Crippen LogP contribution in [0.2, 0.25) is 0 Å². The molecule has 0 amide bonds. The SMILES string of the molecule is c1ccc(-c2nc(-c3ccc(-c4cccc5ccccc45)cc3)cc(-c3cccc4c3-c3ccccc3C43c4ccccc4Oc4ccccc43)n2)cc1. The molecule has 0 atom stereocenters. The Kier molecular flexibility index (Phi) is 6.77. The van der Waals surface area contributed by atoms with Crippen LogP contribution < -0.4 is 4.74 Å². The van der Waals surface area contributed by atoms with Gasteiger partial charge in [-0.1, -0.05) is 176 Å². The fourth-order valence-corrected chi connectivity index (χ4v) is 8.86. The van der Waals surface area contributed by atoms with E-state index in [1.165, 1.54) is 44.2 Å². The number of ether oxygens (including phenoxy) is 1. The van der Waals surface area contributed by atoms with Crippen LogP contribution in [0.3, 0.4) is 0 Å². The lowest BCUT2D eigenvalue weighted by Crippen LogP contribution is -2.32. The van der Waals surface area contributed by atoms with Crippen molar-refractivity contribution in [3.8, 4) is 67.7 Å². The Labute approximate surface area is 313 Å². The third-order valence-electron chi connectivity index (χ3n) is 11.2. The van der Waals surface area contributed by atoms with Crippen molar-refractivity contribution in [2.45, 2.75) is 5.41 Å². The molecule has 11 rings (SSSR count). The Balaban J connectivity index is 1.13. The molecule has 0 unspecified atom stereocenters. The minimum Gasteiger partial charge on any atom is -0.457 e. The van der Waals surface area contributed by atoms with Crippen LogP contribution in [0.1, 0.15) is 22.3 Å². The molecule has 1 aliphatic carbocycles. The van der Waals surface area contributed by atoms with Crippen LogP contribution >= 0.6 is 0 Å². The van der Waals surface area contributed by atoms with Gasteiger partial charge in [-0.2, -0.15) is 0 Å². The summed E-state index contributed by atoms with van der Waals surface area (Å²) in [7, 11) is 0. The average Bonchev–Trinajstić information content (AvgIpc) is 3.54. The summed E-state index contributed by atoms with van der Waals surface area (Å²) in [5.41, 5.74) is 13.9. The van der Waals surface area contributed by atoms with E-state index in [-0.39, 0.29) is 0 Å². The first-order valence-corrected chi connectivity index (χ1v) is 18.4. The lowest BCUT2D eigenvalue weighted by atomic mass is 9.66. The number of hydrogen-bond acceptors (Lipinski definition) is 3. The van der Waals surface area contributed by atoms with Gasteiger partial charge in [0.1, 0.15) is 11.5 Å². The first-order chi connectivity index (χ1) is 26.8. The summed E-state index contributed by atoms with van der Waals surface area (Å²) in [5, 5.41) is 2.48. The van der Waals surface area contributed by atoms with Crippen molar-refractivity contribution >= 4 is 10.8 Å². The molecular weight excluding hydrogens is 657 g/mol. The van der Waals surface area contributed by atoms with Crippen LogP contribution in [0.4, 0.5) is 0 Å². The Hall–Kier alpha value is -7.10. The molecule has 0 saturated heterocycles. The highest BCUT2D eigenvalue weighted by Gasteiger charge is 2.51.